The summed E-state index contributed by atoms with van der Waals surface area (Å²) in [6.45, 7) is 4.44. The van der Waals surface area contributed by atoms with E-state index in [0.29, 0.717) is 0 Å². The normalized spacial score (nSPS) is 11.9. The van der Waals surface area contributed by atoms with Crippen LogP contribution in [0.3, 0.4) is 0 Å². The Kier molecular flexibility index (Phi) is 5.58. The molecule has 1 aromatic heterocycles. The highest BCUT2D eigenvalue weighted by molar-refractivity contribution is 7.89. The van der Waals surface area contributed by atoms with E-state index in [-0.39, 0.29) is 6.61 Å². The van der Waals surface area contributed by atoms with Crippen molar-refractivity contribution < 1.29 is 22.3 Å². The Morgan fingerprint density at radius 1 is 1.50 bits per heavy atom. The number of ether oxygens (including phenoxy) is 1. The van der Waals surface area contributed by atoms with E-state index >= 15 is 0 Å². The Morgan fingerprint density at radius 3 is 2.65 bits per heavy atom. The number of rotatable bonds is 6. The molecule has 0 bridgehead atoms. The van der Waals surface area contributed by atoms with Gasteiger partial charge in [0.15, 0.2) is 5.82 Å². The van der Waals surface area contributed by atoms with Gasteiger partial charge in [-0.15, -0.1) is 0 Å². The van der Waals surface area contributed by atoms with Crippen molar-refractivity contribution in [3.63, 3.8) is 0 Å². The van der Waals surface area contributed by atoms with Crippen LogP contribution in [-0.2, 0) is 19.6 Å². The number of hydrogen-bond donors (Lipinski definition) is 0. The molecule has 20 heavy (non-hydrogen) atoms. The Bertz CT molecular complexity index is 575. The van der Waals surface area contributed by atoms with Gasteiger partial charge in [0.25, 0.3) is 10.0 Å². The largest absolute Gasteiger partial charge is 0.465 e. The van der Waals surface area contributed by atoms with Gasteiger partial charge >= 0.3 is 5.97 Å². The molecule has 0 saturated carbocycles. The summed E-state index contributed by atoms with van der Waals surface area (Å²) in [6, 6.07) is 1.76. The Balaban J connectivity index is 3.14. The molecule has 1 heterocycles. The first-order chi connectivity index (χ1) is 9.30. The first-order valence-electron chi connectivity index (χ1n) is 6.08. The number of carbonyl (C=O) groups excluding carboxylic acids is 1. The summed E-state index contributed by atoms with van der Waals surface area (Å²) in [5.41, 5.74) is 0. The molecular formula is C12H17FN2O4S. The second-order valence-electron chi connectivity index (χ2n) is 4.24. The molecule has 0 aliphatic rings. The molecule has 0 aromatic carbocycles. The lowest BCUT2D eigenvalue weighted by atomic mass is 10.4. The summed E-state index contributed by atoms with van der Waals surface area (Å²) in [7, 11) is -4.20. The third-order valence-corrected chi connectivity index (χ3v) is 4.40. The Morgan fingerprint density at radius 2 is 2.15 bits per heavy atom. The van der Waals surface area contributed by atoms with Crippen molar-refractivity contribution in [1.29, 1.82) is 0 Å². The summed E-state index contributed by atoms with van der Waals surface area (Å²) in [6.07, 6.45) is 1.18. The zero-order valence-electron chi connectivity index (χ0n) is 11.5. The number of hydrogen-bond acceptors (Lipinski definition) is 5. The molecule has 0 atom stereocenters. The van der Waals surface area contributed by atoms with Crippen molar-refractivity contribution in [3.8, 4) is 0 Å². The summed E-state index contributed by atoms with van der Waals surface area (Å²) in [5, 5.41) is -0.696. The molecule has 0 fully saturated rings. The van der Waals surface area contributed by atoms with Gasteiger partial charge in [0.05, 0.1) is 6.61 Å². The molecule has 1 rings (SSSR count). The molecule has 6 nitrogen and oxygen atoms in total. The maximum Gasteiger partial charge on any atom is 0.321 e. The highest BCUT2D eigenvalue weighted by atomic mass is 32.2. The standard InChI is InChI=1S/C12H17FN2O4S/c1-4-19-11(16)8-15(9(2)3)20(17,18)12-10(13)6-5-7-14-12/h5-7,9H,4,8H2,1-3H3. The molecule has 8 heteroatoms. The zero-order valence-corrected chi connectivity index (χ0v) is 12.4. The topological polar surface area (TPSA) is 76.6 Å². The lowest BCUT2D eigenvalue weighted by Gasteiger charge is -2.24. The molecular weight excluding hydrogens is 287 g/mol. The molecule has 0 spiro atoms. The number of nitrogens with zero attached hydrogens (tertiary/aromatic N) is 2. The van der Waals surface area contributed by atoms with Crippen molar-refractivity contribution in [2.24, 2.45) is 0 Å². The molecule has 0 N–H and O–H groups in total. The minimum atomic E-state index is -4.20. The average Bonchev–Trinajstić information content (AvgIpc) is 2.36. The van der Waals surface area contributed by atoms with Crippen LogP contribution in [0.5, 0.6) is 0 Å². The molecule has 0 radical (unpaired) electrons. The number of pyridine rings is 1. The van der Waals surface area contributed by atoms with Crippen molar-refractivity contribution in [1.82, 2.24) is 9.29 Å². The molecule has 1 aromatic rings. The molecule has 112 valence electrons. The highest BCUT2D eigenvalue weighted by Gasteiger charge is 2.32. The van der Waals surface area contributed by atoms with Crippen LogP contribution in [0.15, 0.2) is 23.4 Å². The van der Waals surface area contributed by atoms with E-state index in [2.05, 4.69) is 4.98 Å². The van der Waals surface area contributed by atoms with Crippen LogP contribution in [-0.4, -0.2) is 42.9 Å². The fourth-order valence-corrected chi connectivity index (χ4v) is 3.11. The van der Waals surface area contributed by atoms with Crippen LogP contribution in [0.25, 0.3) is 0 Å². The summed E-state index contributed by atoms with van der Waals surface area (Å²) in [4.78, 5) is 15.0. The molecule has 0 unspecified atom stereocenters. The van der Waals surface area contributed by atoms with Crippen LogP contribution >= 0.6 is 0 Å². The molecule has 0 saturated heterocycles. The van der Waals surface area contributed by atoms with E-state index in [1.165, 1.54) is 12.3 Å². The van der Waals surface area contributed by atoms with Crippen LogP contribution < -0.4 is 0 Å². The number of carbonyl (C=O) groups is 1. The minimum absolute atomic E-state index is 0.142. The molecule has 0 amide bonds. The molecule has 0 aliphatic carbocycles. The lowest BCUT2D eigenvalue weighted by Crippen LogP contribution is -2.41. The maximum absolute atomic E-state index is 13.6. The van der Waals surface area contributed by atoms with Gasteiger partial charge in [-0.25, -0.2) is 17.8 Å². The number of esters is 1. The van der Waals surface area contributed by atoms with E-state index in [0.717, 1.165) is 10.4 Å². The van der Waals surface area contributed by atoms with Gasteiger partial charge in [-0.1, -0.05) is 0 Å². The summed E-state index contributed by atoms with van der Waals surface area (Å²) in [5.74, 6) is -1.65. The lowest BCUT2D eigenvalue weighted by molar-refractivity contribution is -0.143. The van der Waals surface area contributed by atoms with Gasteiger partial charge in [0.1, 0.15) is 6.54 Å². The summed E-state index contributed by atoms with van der Waals surface area (Å²) < 4.78 is 43.9. The SMILES string of the molecule is CCOC(=O)CN(C(C)C)S(=O)(=O)c1ncccc1F. The van der Waals surface area contributed by atoms with Crippen molar-refractivity contribution >= 4 is 16.0 Å². The Labute approximate surface area is 117 Å². The smallest absolute Gasteiger partial charge is 0.321 e. The van der Waals surface area contributed by atoms with Gasteiger partial charge < -0.3 is 4.74 Å². The first kappa shape index (κ1) is 16.5. The monoisotopic (exact) mass is 304 g/mol. The van der Waals surface area contributed by atoms with Crippen LogP contribution in [0.4, 0.5) is 4.39 Å². The molecule has 0 aliphatic heterocycles. The minimum Gasteiger partial charge on any atom is -0.465 e. The van der Waals surface area contributed by atoms with E-state index in [1.807, 2.05) is 0 Å². The second kappa shape index (κ2) is 6.76. The van der Waals surface area contributed by atoms with E-state index in [9.17, 15) is 17.6 Å². The fourth-order valence-electron chi connectivity index (χ4n) is 1.55. The van der Waals surface area contributed by atoms with Gasteiger partial charge in [0, 0.05) is 12.2 Å². The van der Waals surface area contributed by atoms with Crippen molar-refractivity contribution in [2.45, 2.75) is 31.8 Å². The van der Waals surface area contributed by atoms with Gasteiger partial charge in [0.2, 0.25) is 5.03 Å². The first-order valence-corrected chi connectivity index (χ1v) is 7.52. The second-order valence-corrected chi connectivity index (χ2v) is 6.05. The Hall–Kier alpha value is -1.54. The summed E-state index contributed by atoms with van der Waals surface area (Å²) >= 11 is 0. The predicted octanol–water partition coefficient (Wildman–Crippen LogP) is 1.18. The number of halogens is 1. The van der Waals surface area contributed by atoms with Crippen LogP contribution in [0.2, 0.25) is 0 Å². The maximum atomic E-state index is 13.6. The fraction of sp³-hybridized carbons (Fsp3) is 0.500. The third kappa shape index (κ3) is 3.73. The number of aromatic nitrogens is 1. The van der Waals surface area contributed by atoms with E-state index in [4.69, 9.17) is 4.74 Å². The van der Waals surface area contributed by atoms with Crippen molar-refractivity contribution in [3.05, 3.63) is 24.1 Å². The van der Waals surface area contributed by atoms with Gasteiger partial charge in [-0.05, 0) is 32.9 Å². The highest BCUT2D eigenvalue weighted by Crippen LogP contribution is 2.18. The average molecular weight is 304 g/mol. The quantitative estimate of drug-likeness (QED) is 0.738. The third-order valence-electron chi connectivity index (χ3n) is 2.44. The zero-order chi connectivity index (χ0) is 15.3. The van der Waals surface area contributed by atoms with E-state index in [1.54, 1.807) is 20.8 Å². The van der Waals surface area contributed by atoms with Crippen molar-refractivity contribution in [2.75, 3.05) is 13.2 Å². The predicted molar refractivity (Wildman–Crippen MR) is 69.9 cm³/mol. The van der Waals surface area contributed by atoms with Gasteiger partial charge in [-0.2, -0.15) is 4.31 Å². The van der Waals surface area contributed by atoms with Crippen LogP contribution in [0, 0.1) is 5.82 Å². The van der Waals surface area contributed by atoms with Crippen LogP contribution in [0.1, 0.15) is 20.8 Å². The van der Waals surface area contributed by atoms with E-state index < -0.39 is 39.4 Å². The number of sulfonamides is 1. The van der Waals surface area contributed by atoms with Gasteiger partial charge in [-0.3, -0.25) is 4.79 Å².